The number of methoxy groups -OCH3 is 1. The fourth-order valence-electron chi connectivity index (χ4n) is 0.456. The van der Waals surface area contributed by atoms with Crippen molar-refractivity contribution in [3.05, 3.63) is 11.8 Å². The van der Waals surface area contributed by atoms with Crippen molar-refractivity contribution in [2.24, 2.45) is 4.99 Å². The summed E-state index contributed by atoms with van der Waals surface area (Å²) in [4.78, 5) is 3.68. The van der Waals surface area contributed by atoms with E-state index in [0.29, 0.717) is 11.5 Å². The van der Waals surface area contributed by atoms with Crippen LogP contribution < -0.4 is 0 Å². The Balaban J connectivity index is 4.08. The molecule has 0 rings (SSSR count). The second-order valence-electron chi connectivity index (χ2n) is 1.81. The molecule has 2 nitrogen and oxygen atoms in total. The molecule has 0 heterocycles. The topological polar surface area (TPSA) is 21.6 Å². The van der Waals surface area contributed by atoms with Crippen LogP contribution in [0.4, 0.5) is 4.39 Å². The van der Waals surface area contributed by atoms with Crippen LogP contribution >= 0.6 is 0 Å². The number of nitrogens with zero attached hydrogens (tertiary/aromatic N) is 1. The summed E-state index contributed by atoms with van der Waals surface area (Å²) >= 11 is 0. The zero-order valence-electron chi connectivity index (χ0n) is 6.52. The third-order valence-corrected chi connectivity index (χ3v) is 1.12. The van der Waals surface area contributed by atoms with Crippen molar-refractivity contribution >= 4 is 5.71 Å². The maximum atomic E-state index is 11.9. The zero-order chi connectivity index (χ0) is 7.98. The van der Waals surface area contributed by atoms with Gasteiger partial charge in [-0.25, -0.2) is 4.39 Å². The minimum atomic E-state index is -0.544. The maximum Gasteiger partial charge on any atom is 0.131 e. The van der Waals surface area contributed by atoms with Crippen molar-refractivity contribution in [3.8, 4) is 0 Å². The second-order valence-corrected chi connectivity index (χ2v) is 1.81. The van der Waals surface area contributed by atoms with Crippen LogP contribution in [0.5, 0.6) is 0 Å². The highest BCUT2D eigenvalue weighted by Crippen LogP contribution is 1.93. The average molecular weight is 145 g/mol. The van der Waals surface area contributed by atoms with E-state index in [1.54, 1.807) is 20.0 Å². The zero-order valence-corrected chi connectivity index (χ0v) is 6.52. The van der Waals surface area contributed by atoms with Gasteiger partial charge in [0.15, 0.2) is 0 Å². The number of aliphatic imine (C=N–C) groups is 1. The number of alkyl halides is 1. The molecule has 0 aliphatic heterocycles. The van der Waals surface area contributed by atoms with E-state index in [4.69, 9.17) is 4.74 Å². The van der Waals surface area contributed by atoms with Crippen molar-refractivity contribution in [2.75, 3.05) is 20.8 Å². The summed E-state index contributed by atoms with van der Waals surface area (Å²) in [6.45, 7) is 1.21. The Morgan fingerprint density at radius 1 is 1.70 bits per heavy atom. The number of ether oxygens (including phenoxy) is 1. The molecule has 0 unspecified atom stereocenters. The molecule has 0 fully saturated rings. The first kappa shape index (κ1) is 9.14. The first-order valence-corrected chi connectivity index (χ1v) is 2.98. The average Bonchev–Trinajstić information content (AvgIpc) is 1.99. The minimum absolute atomic E-state index is 0.402. The largest absolute Gasteiger partial charge is 0.501 e. The third kappa shape index (κ3) is 3.22. The van der Waals surface area contributed by atoms with Crippen molar-refractivity contribution in [1.82, 2.24) is 0 Å². The van der Waals surface area contributed by atoms with E-state index in [-0.39, 0.29) is 0 Å². The lowest BCUT2D eigenvalue weighted by Crippen LogP contribution is -1.97. The lowest BCUT2D eigenvalue weighted by Gasteiger charge is -1.97. The Bertz CT molecular complexity index is 152. The van der Waals surface area contributed by atoms with Gasteiger partial charge in [0, 0.05) is 7.05 Å². The molecule has 0 aromatic heterocycles. The molecule has 0 spiro atoms. The molecule has 0 N–H and O–H groups in total. The number of rotatable bonds is 3. The maximum absolute atomic E-state index is 11.9. The van der Waals surface area contributed by atoms with Gasteiger partial charge < -0.3 is 4.74 Å². The Hall–Kier alpha value is -0.860. The Labute approximate surface area is 60.4 Å². The van der Waals surface area contributed by atoms with Crippen molar-refractivity contribution in [3.63, 3.8) is 0 Å². The molecule has 0 radical (unpaired) electrons. The summed E-state index contributed by atoms with van der Waals surface area (Å²) in [6.07, 6.45) is 1.57. The summed E-state index contributed by atoms with van der Waals surface area (Å²) < 4.78 is 16.7. The molecule has 0 aromatic rings. The normalized spacial score (nSPS) is 13.6. The second kappa shape index (κ2) is 4.97. The Morgan fingerprint density at radius 3 is 2.60 bits per heavy atom. The van der Waals surface area contributed by atoms with Gasteiger partial charge in [-0.2, -0.15) is 0 Å². The SMILES string of the molecule is CN=C(/C=C(/C)OC)CF. The fourth-order valence-corrected chi connectivity index (χ4v) is 0.456. The first-order chi connectivity index (χ1) is 4.74. The van der Waals surface area contributed by atoms with Gasteiger partial charge in [-0.05, 0) is 13.0 Å². The summed E-state index contributed by atoms with van der Waals surface area (Å²) in [5, 5.41) is 0. The fraction of sp³-hybridized carbons (Fsp3) is 0.571. The van der Waals surface area contributed by atoms with Gasteiger partial charge in [-0.3, -0.25) is 4.99 Å². The predicted octanol–water partition coefficient (Wildman–Crippen LogP) is 1.58. The quantitative estimate of drug-likeness (QED) is 0.436. The molecule has 0 bridgehead atoms. The van der Waals surface area contributed by atoms with Crippen LogP contribution in [0.1, 0.15) is 6.92 Å². The lowest BCUT2D eigenvalue weighted by atomic mass is 10.3. The molecule has 58 valence electrons. The van der Waals surface area contributed by atoms with E-state index in [1.165, 1.54) is 7.11 Å². The van der Waals surface area contributed by atoms with Crippen LogP contribution in [0.2, 0.25) is 0 Å². The van der Waals surface area contributed by atoms with E-state index in [0.717, 1.165) is 0 Å². The van der Waals surface area contributed by atoms with Gasteiger partial charge in [0.1, 0.15) is 6.67 Å². The Morgan fingerprint density at radius 2 is 2.30 bits per heavy atom. The molecule has 10 heavy (non-hydrogen) atoms. The van der Waals surface area contributed by atoms with Crippen molar-refractivity contribution < 1.29 is 9.13 Å². The van der Waals surface area contributed by atoms with Gasteiger partial charge in [-0.1, -0.05) is 0 Å². The molecule has 0 saturated carbocycles. The number of hydrogen-bond acceptors (Lipinski definition) is 2. The highest BCUT2D eigenvalue weighted by Gasteiger charge is 1.92. The number of hydrogen-bond donors (Lipinski definition) is 0. The van der Waals surface area contributed by atoms with E-state index < -0.39 is 6.67 Å². The van der Waals surface area contributed by atoms with E-state index >= 15 is 0 Å². The van der Waals surface area contributed by atoms with Crippen LogP contribution in [0.3, 0.4) is 0 Å². The predicted molar refractivity (Wildman–Crippen MR) is 40.1 cm³/mol. The van der Waals surface area contributed by atoms with Crippen LogP contribution in [0.25, 0.3) is 0 Å². The molecule has 0 aliphatic carbocycles. The standard InChI is InChI=1S/C7H12FNO/c1-6(10-3)4-7(5-8)9-2/h4H,5H2,1-3H3/b6-4-,9-7?. The highest BCUT2D eigenvalue weighted by atomic mass is 19.1. The summed E-state index contributed by atoms with van der Waals surface area (Å²) in [5.74, 6) is 0.665. The van der Waals surface area contributed by atoms with Crippen molar-refractivity contribution in [1.29, 1.82) is 0 Å². The van der Waals surface area contributed by atoms with E-state index in [9.17, 15) is 4.39 Å². The van der Waals surface area contributed by atoms with Gasteiger partial charge >= 0.3 is 0 Å². The first-order valence-electron chi connectivity index (χ1n) is 2.98. The van der Waals surface area contributed by atoms with Crippen molar-refractivity contribution in [2.45, 2.75) is 6.92 Å². The molecule has 0 aliphatic rings. The van der Waals surface area contributed by atoms with Crippen LogP contribution in [0, 0.1) is 0 Å². The highest BCUT2D eigenvalue weighted by molar-refractivity contribution is 5.96. The van der Waals surface area contributed by atoms with Gasteiger partial charge in [0.2, 0.25) is 0 Å². The molecule has 0 saturated heterocycles. The summed E-state index contributed by atoms with van der Waals surface area (Å²) in [6, 6.07) is 0. The molecule has 0 amide bonds. The molecule has 0 atom stereocenters. The summed E-state index contributed by atoms with van der Waals surface area (Å²) in [5.41, 5.74) is 0.402. The number of allylic oxidation sites excluding steroid dienone is 2. The van der Waals surface area contributed by atoms with E-state index in [1.807, 2.05) is 0 Å². The summed E-state index contributed by atoms with van der Waals surface area (Å²) in [7, 11) is 3.09. The van der Waals surface area contributed by atoms with Gasteiger partial charge in [0.05, 0.1) is 18.6 Å². The van der Waals surface area contributed by atoms with Crippen LogP contribution in [-0.4, -0.2) is 26.5 Å². The molecular weight excluding hydrogens is 133 g/mol. The van der Waals surface area contributed by atoms with Gasteiger partial charge in [-0.15, -0.1) is 0 Å². The smallest absolute Gasteiger partial charge is 0.131 e. The molecule has 3 heteroatoms. The third-order valence-electron chi connectivity index (χ3n) is 1.12. The molecule has 0 aromatic carbocycles. The van der Waals surface area contributed by atoms with Crippen LogP contribution in [0.15, 0.2) is 16.8 Å². The molecular formula is C7H12FNO. The van der Waals surface area contributed by atoms with Crippen LogP contribution in [-0.2, 0) is 4.74 Å². The minimum Gasteiger partial charge on any atom is -0.501 e. The monoisotopic (exact) mass is 145 g/mol. The lowest BCUT2D eigenvalue weighted by molar-refractivity contribution is 0.294. The Kier molecular flexibility index (Phi) is 4.54. The van der Waals surface area contributed by atoms with E-state index in [2.05, 4.69) is 4.99 Å². The van der Waals surface area contributed by atoms with Gasteiger partial charge in [0.25, 0.3) is 0 Å². The number of halogens is 1.